The Morgan fingerprint density at radius 2 is 1.61 bits per heavy atom. The first kappa shape index (κ1) is 16.7. The van der Waals surface area contributed by atoms with Gasteiger partial charge in [0.1, 0.15) is 18.1 Å². The quantitative estimate of drug-likeness (QED) is 0.773. The predicted octanol–water partition coefficient (Wildman–Crippen LogP) is 2.88. The van der Waals surface area contributed by atoms with Crippen molar-refractivity contribution < 1.29 is 14.3 Å². The van der Waals surface area contributed by atoms with Crippen molar-refractivity contribution >= 4 is 6.03 Å². The minimum Gasteiger partial charge on any atom is -0.497 e. The van der Waals surface area contributed by atoms with E-state index in [2.05, 4.69) is 10.6 Å². The zero-order valence-corrected chi connectivity index (χ0v) is 13.5. The largest absolute Gasteiger partial charge is 0.497 e. The molecule has 0 aliphatic carbocycles. The molecule has 5 nitrogen and oxygen atoms in total. The molecule has 2 rings (SSSR count). The molecule has 2 N–H and O–H groups in total. The van der Waals surface area contributed by atoms with E-state index in [1.54, 1.807) is 7.11 Å². The SMILES string of the molecule is COc1ccc(OCCNC(=O)NCc2ccc(C)cc2)cc1. The molecule has 0 bridgehead atoms. The van der Waals surface area contributed by atoms with Crippen molar-refractivity contribution in [3.8, 4) is 11.5 Å². The van der Waals surface area contributed by atoms with Crippen LogP contribution in [0.5, 0.6) is 11.5 Å². The van der Waals surface area contributed by atoms with Crippen molar-refractivity contribution in [3.63, 3.8) is 0 Å². The second-order valence-corrected chi connectivity index (χ2v) is 5.12. The van der Waals surface area contributed by atoms with Gasteiger partial charge in [-0.15, -0.1) is 0 Å². The van der Waals surface area contributed by atoms with Crippen molar-refractivity contribution in [3.05, 3.63) is 59.7 Å². The minimum atomic E-state index is -0.205. The molecule has 0 fully saturated rings. The van der Waals surface area contributed by atoms with E-state index in [9.17, 15) is 4.79 Å². The molecule has 0 radical (unpaired) electrons. The molecule has 2 aromatic rings. The number of methoxy groups -OCH3 is 1. The summed E-state index contributed by atoms with van der Waals surface area (Å²) in [6, 6.07) is 15.2. The Morgan fingerprint density at radius 3 is 2.26 bits per heavy atom. The average Bonchev–Trinajstić information content (AvgIpc) is 2.59. The number of hydrogen-bond donors (Lipinski definition) is 2. The number of ether oxygens (including phenoxy) is 2. The molecule has 0 atom stereocenters. The zero-order valence-electron chi connectivity index (χ0n) is 13.5. The number of aryl methyl sites for hydroxylation is 1. The van der Waals surface area contributed by atoms with Gasteiger partial charge in [-0.2, -0.15) is 0 Å². The van der Waals surface area contributed by atoms with Crippen LogP contribution in [0.2, 0.25) is 0 Å². The second kappa shape index (κ2) is 8.68. The molecule has 5 heteroatoms. The summed E-state index contributed by atoms with van der Waals surface area (Å²) in [6.07, 6.45) is 0. The molecule has 0 aromatic heterocycles. The fraction of sp³-hybridized carbons (Fsp3) is 0.278. The highest BCUT2D eigenvalue weighted by atomic mass is 16.5. The third-order valence-corrected chi connectivity index (χ3v) is 3.29. The van der Waals surface area contributed by atoms with Crippen LogP contribution >= 0.6 is 0 Å². The van der Waals surface area contributed by atoms with Crippen molar-refractivity contribution in [2.45, 2.75) is 13.5 Å². The van der Waals surface area contributed by atoms with Gasteiger partial charge in [0.2, 0.25) is 0 Å². The number of amides is 2. The molecule has 2 amide bonds. The molecule has 122 valence electrons. The molecule has 0 saturated carbocycles. The summed E-state index contributed by atoms with van der Waals surface area (Å²) < 4.78 is 10.6. The number of urea groups is 1. The zero-order chi connectivity index (χ0) is 16.5. The standard InChI is InChI=1S/C18H22N2O3/c1-14-3-5-15(6-4-14)13-20-18(21)19-11-12-23-17-9-7-16(22-2)8-10-17/h3-10H,11-13H2,1-2H3,(H2,19,20,21). The fourth-order valence-electron chi connectivity index (χ4n) is 1.96. The van der Waals surface area contributed by atoms with Gasteiger partial charge in [0.15, 0.2) is 0 Å². The Morgan fingerprint density at radius 1 is 0.957 bits per heavy atom. The lowest BCUT2D eigenvalue weighted by molar-refractivity contribution is 0.236. The molecule has 0 saturated heterocycles. The van der Waals surface area contributed by atoms with Gasteiger partial charge in [-0.3, -0.25) is 0 Å². The third-order valence-electron chi connectivity index (χ3n) is 3.29. The number of nitrogens with one attached hydrogen (secondary N) is 2. The first-order valence-corrected chi connectivity index (χ1v) is 7.51. The highest BCUT2D eigenvalue weighted by Crippen LogP contribution is 2.16. The van der Waals surface area contributed by atoms with Crippen LogP contribution in [0.4, 0.5) is 4.79 Å². The Balaban J connectivity index is 1.61. The minimum absolute atomic E-state index is 0.205. The van der Waals surface area contributed by atoms with E-state index >= 15 is 0 Å². The van der Waals surface area contributed by atoms with Crippen LogP contribution in [-0.4, -0.2) is 26.3 Å². The van der Waals surface area contributed by atoms with Crippen LogP contribution in [0.25, 0.3) is 0 Å². The summed E-state index contributed by atoms with van der Waals surface area (Å²) in [6.45, 7) is 3.38. The van der Waals surface area contributed by atoms with E-state index in [1.165, 1.54) is 5.56 Å². The maximum absolute atomic E-state index is 11.7. The molecular formula is C18H22N2O3. The second-order valence-electron chi connectivity index (χ2n) is 5.12. The Hall–Kier alpha value is -2.69. The monoisotopic (exact) mass is 314 g/mol. The van der Waals surface area contributed by atoms with E-state index in [0.29, 0.717) is 19.7 Å². The Kier molecular flexibility index (Phi) is 6.29. The summed E-state index contributed by atoms with van der Waals surface area (Å²) in [5, 5.41) is 5.57. The number of carbonyl (C=O) groups is 1. The molecule has 0 spiro atoms. The third kappa shape index (κ3) is 5.90. The maximum Gasteiger partial charge on any atom is 0.315 e. The maximum atomic E-state index is 11.7. The van der Waals surface area contributed by atoms with E-state index < -0.39 is 0 Å². The van der Waals surface area contributed by atoms with Crippen molar-refractivity contribution in [2.24, 2.45) is 0 Å². The smallest absolute Gasteiger partial charge is 0.315 e. The Labute approximate surface area is 136 Å². The first-order valence-electron chi connectivity index (χ1n) is 7.51. The van der Waals surface area contributed by atoms with Gasteiger partial charge in [-0.25, -0.2) is 4.79 Å². The van der Waals surface area contributed by atoms with E-state index in [1.807, 2.05) is 55.5 Å². The van der Waals surface area contributed by atoms with Crippen molar-refractivity contribution in [2.75, 3.05) is 20.3 Å². The summed E-state index contributed by atoms with van der Waals surface area (Å²) in [5.41, 5.74) is 2.27. The van der Waals surface area contributed by atoms with Crippen LogP contribution in [0.15, 0.2) is 48.5 Å². The van der Waals surface area contributed by atoms with Crippen LogP contribution in [0, 0.1) is 6.92 Å². The molecule has 0 aliphatic heterocycles. The summed E-state index contributed by atoms with van der Waals surface area (Å²) in [4.78, 5) is 11.7. The lowest BCUT2D eigenvalue weighted by Crippen LogP contribution is -2.37. The van der Waals surface area contributed by atoms with Gasteiger partial charge in [-0.1, -0.05) is 29.8 Å². The average molecular weight is 314 g/mol. The van der Waals surface area contributed by atoms with Crippen LogP contribution in [-0.2, 0) is 6.54 Å². The van der Waals surface area contributed by atoms with Crippen molar-refractivity contribution in [1.82, 2.24) is 10.6 Å². The molecule has 0 aliphatic rings. The van der Waals surface area contributed by atoms with Crippen LogP contribution in [0.3, 0.4) is 0 Å². The fourth-order valence-corrected chi connectivity index (χ4v) is 1.96. The normalized spacial score (nSPS) is 10.0. The van der Waals surface area contributed by atoms with E-state index in [0.717, 1.165) is 17.1 Å². The number of hydrogen-bond acceptors (Lipinski definition) is 3. The van der Waals surface area contributed by atoms with E-state index in [4.69, 9.17) is 9.47 Å². The Bertz CT molecular complexity index is 609. The first-order chi connectivity index (χ1) is 11.2. The highest BCUT2D eigenvalue weighted by Gasteiger charge is 2.00. The van der Waals surface area contributed by atoms with Gasteiger partial charge < -0.3 is 20.1 Å². The van der Waals surface area contributed by atoms with Gasteiger partial charge in [0.05, 0.1) is 13.7 Å². The molecule has 0 heterocycles. The lowest BCUT2D eigenvalue weighted by Gasteiger charge is -2.09. The van der Waals surface area contributed by atoms with Crippen LogP contribution in [0.1, 0.15) is 11.1 Å². The molecular weight excluding hydrogens is 292 g/mol. The van der Waals surface area contributed by atoms with Gasteiger partial charge >= 0.3 is 6.03 Å². The lowest BCUT2D eigenvalue weighted by atomic mass is 10.1. The number of rotatable bonds is 7. The summed E-state index contributed by atoms with van der Waals surface area (Å²) in [5.74, 6) is 1.53. The van der Waals surface area contributed by atoms with Gasteiger partial charge in [0.25, 0.3) is 0 Å². The number of carbonyl (C=O) groups excluding carboxylic acids is 1. The van der Waals surface area contributed by atoms with Crippen LogP contribution < -0.4 is 20.1 Å². The summed E-state index contributed by atoms with van der Waals surface area (Å²) in [7, 11) is 1.62. The highest BCUT2D eigenvalue weighted by molar-refractivity contribution is 5.73. The molecule has 0 unspecified atom stereocenters. The molecule has 2 aromatic carbocycles. The predicted molar refractivity (Wildman–Crippen MR) is 89.9 cm³/mol. The van der Waals surface area contributed by atoms with Crippen molar-refractivity contribution in [1.29, 1.82) is 0 Å². The topological polar surface area (TPSA) is 59.6 Å². The van der Waals surface area contributed by atoms with Gasteiger partial charge in [-0.05, 0) is 36.8 Å². The van der Waals surface area contributed by atoms with E-state index in [-0.39, 0.29) is 6.03 Å². The molecule has 23 heavy (non-hydrogen) atoms. The number of benzene rings is 2. The summed E-state index contributed by atoms with van der Waals surface area (Å²) >= 11 is 0. The van der Waals surface area contributed by atoms with Gasteiger partial charge in [0, 0.05) is 6.54 Å².